The maximum Gasteiger partial charge on any atom is 0.225 e. The van der Waals surface area contributed by atoms with Crippen molar-refractivity contribution in [3.8, 4) is 5.75 Å². The van der Waals surface area contributed by atoms with Crippen LogP contribution in [-0.2, 0) is 34.5 Å². The van der Waals surface area contributed by atoms with Crippen LogP contribution >= 0.6 is 0 Å². The largest absolute Gasteiger partial charge is 0.497 e. The highest BCUT2D eigenvalue weighted by Crippen LogP contribution is 2.44. The zero-order valence-electron chi connectivity index (χ0n) is 18.7. The standard InChI is InChI=1S/C25H32O7/c1-14-18-5-4-6-19(18)16(11-15-7-9-17(30-2)10-8-15)12-20(14)25(31-3)24(29)23(28)22(27)21(13-26)32-25/h7-10,12,21-24,26-29H,4-6,11,13H2,1-3H3/t21-,22-,23+,24-,25?/m1/s1. The number of aliphatic hydroxyl groups excluding tert-OH is 4. The minimum atomic E-state index is -1.71. The first-order chi connectivity index (χ1) is 15.4. The fourth-order valence-corrected chi connectivity index (χ4v) is 5.17. The molecule has 1 heterocycles. The predicted octanol–water partition coefficient (Wildman–Crippen LogP) is 1.36. The van der Waals surface area contributed by atoms with E-state index in [2.05, 4.69) is 0 Å². The molecule has 0 aromatic heterocycles. The monoisotopic (exact) mass is 444 g/mol. The zero-order valence-corrected chi connectivity index (χ0v) is 18.7. The van der Waals surface area contributed by atoms with Crippen molar-refractivity contribution in [1.29, 1.82) is 0 Å². The molecule has 174 valence electrons. The Morgan fingerprint density at radius 2 is 1.72 bits per heavy atom. The molecule has 2 aromatic carbocycles. The van der Waals surface area contributed by atoms with Gasteiger partial charge < -0.3 is 34.6 Å². The molecule has 32 heavy (non-hydrogen) atoms. The van der Waals surface area contributed by atoms with Gasteiger partial charge in [-0.15, -0.1) is 0 Å². The fourth-order valence-electron chi connectivity index (χ4n) is 5.17. The smallest absolute Gasteiger partial charge is 0.225 e. The SMILES string of the molecule is COc1ccc(Cc2cc(C3(OC)O[C@H](CO)[C@@H](O)[C@H](O)[C@H]3O)c(C)c3c2CCC3)cc1. The van der Waals surface area contributed by atoms with E-state index in [1.165, 1.54) is 18.2 Å². The first-order valence-electron chi connectivity index (χ1n) is 11.0. The molecule has 1 saturated heterocycles. The van der Waals surface area contributed by atoms with E-state index < -0.39 is 36.8 Å². The van der Waals surface area contributed by atoms with Gasteiger partial charge in [-0.3, -0.25) is 0 Å². The molecule has 4 N–H and O–H groups in total. The van der Waals surface area contributed by atoms with Crippen LogP contribution in [0, 0.1) is 6.92 Å². The van der Waals surface area contributed by atoms with Gasteiger partial charge in [-0.2, -0.15) is 0 Å². The van der Waals surface area contributed by atoms with Gasteiger partial charge >= 0.3 is 0 Å². The van der Waals surface area contributed by atoms with E-state index in [-0.39, 0.29) is 0 Å². The molecule has 1 fully saturated rings. The molecule has 5 atom stereocenters. The molecule has 0 saturated carbocycles. The number of ether oxygens (including phenoxy) is 3. The van der Waals surface area contributed by atoms with E-state index in [4.69, 9.17) is 14.2 Å². The fraction of sp³-hybridized carbons (Fsp3) is 0.520. The number of rotatable bonds is 6. The van der Waals surface area contributed by atoms with Gasteiger partial charge in [0.1, 0.15) is 30.2 Å². The van der Waals surface area contributed by atoms with Crippen LogP contribution < -0.4 is 4.74 Å². The van der Waals surface area contributed by atoms with Crippen LogP contribution in [0.4, 0.5) is 0 Å². The van der Waals surface area contributed by atoms with Crippen molar-refractivity contribution in [3.05, 3.63) is 63.7 Å². The molecule has 1 unspecified atom stereocenters. The van der Waals surface area contributed by atoms with Crippen LogP contribution in [0.1, 0.15) is 39.8 Å². The number of hydrogen-bond acceptors (Lipinski definition) is 7. The van der Waals surface area contributed by atoms with Gasteiger partial charge in [0.15, 0.2) is 0 Å². The summed E-state index contributed by atoms with van der Waals surface area (Å²) in [5.41, 5.74) is 6.29. The van der Waals surface area contributed by atoms with E-state index >= 15 is 0 Å². The molecule has 0 radical (unpaired) electrons. The number of fused-ring (bicyclic) bond motifs is 1. The highest BCUT2D eigenvalue weighted by Gasteiger charge is 2.56. The van der Waals surface area contributed by atoms with Crippen molar-refractivity contribution in [2.45, 2.75) is 62.8 Å². The first kappa shape index (κ1) is 23.2. The molecular weight excluding hydrogens is 412 g/mol. The van der Waals surface area contributed by atoms with E-state index in [0.29, 0.717) is 12.0 Å². The summed E-state index contributed by atoms with van der Waals surface area (Å²) in [4.78, 5) is 0. The third-order valence-corrected chi connectivity index (χ3v) is 6.96. The third-order valence-electron chi connectivity index (χ3n) is 6.96. The van der Waals surface area contributed by atoms with Crippen LogP contribution in [0.15, 0.2) is 30.3 Å². The minimum Gasteiger partial charge on any atom is -0.497 e. The maximum atomic E-state index is 11.0. The highest BCUT2D eigenvalue weighted by molar-refractivity contribution is 5.51. The van der Waals surface area contributed by atoms with Crippen molar-refractivity contribution < 1.29 is 34.6 Å². The van der Waals surface area contributed by atoms with E-state index in [9.17, 15) is 20.4 Å². The van der Waals surface area contributed by atoms with Crippen LogP contribution in [-0.4, -0.2) is 65.7 Å². The van der Waals surface area contributed by atoms with Gasteiger partial charge in [-0.1, -0.05) is 12.1 Å². The number of aliphatic hydroxyl groups is 4. The molecule has 7 heteroatoms. The predicted molar refractivity (Wildman–Crippen MR) is 118 cm³/mol. The number of methoxy groups -OCH3 is 2. The van der Waals surface area contributed by atoms with E-state index in [0.717, 1.165) is 41.7 Å². The lowest BCUT2D eigenvalue weighted by atomic mass is 9.82. The van der Waals surface area contributed by atoms with Crippen LogP contribution in [0.5, 0.6) is 5.75 Å². The van der Waals surface area contributed by atoms with E-state index in [1.54, 1.807) is 7.11 Å². The summed E-state index contributed by atoms with van der Waals surface area (Å²) >= 11 is 0. The average molecular weight is 445 g/mol. The highest BCUT2D eigenvalue weighted by atomic mass is 16.7. The Kier molecular flexibility index (Phi) is 6.58. The summed E-state index contributed by atoms with van der Waals surface area (Å²) in [7, 11) is 3.04. The van der Waals surface area contributed by atoms with Crippen LogP contribution in [0.25, 0.3) is 0 Å². The molecule has 4 rings (SSSR count). The second-order valence-corrected chi connectivity index (χ2v) is 8.68. The number of benzene rings is 2. The molecular formula is C25H32O7. The molecule has 0 bridgehead atoms. The van der Waals surface area contributed by atoms with Crippen molar-refractivity contribution in [2.75, 3.05) is 20.8 Å². The van der Waals surface area contributed by atoms with Crippen molar-refractivity contribution in [2.24, 2.45) is 0 Å². The van der Waals surface area contributed by atoms with Crippen LogP contribution in [0.3, 0.4) is 0 Å². The molecule has 0 amide bonds. The quantitative estimate of drug-likeness (QED) is 0.533. The summed E-state index contributed by atoms with van der Waals surface area (Å²) in [6.07, 6.45) is -1.96. The lowest BCUT2D eigenvalue weighted by Gasteiger charge is -2.48. The second-order valence-electron chi connectivity index (χ2n) is 8.68. The topological polar surface area (TPSA) is 109 Å². The van der Waals surface area contributed by atoms with Gasteiger partial charge in [-0.05, 0) is 78.6 Å². The Balaban J connectivity index is 1.82. The Morgan fingerprint density at radius 1 is 1.03 bits per heavy atom. The summed E-state index contributed by atoms with van der Waals surface area (Å²) in [6, 6.07) is 9.90. The molecule has 1 aliphatic carbocycles. The van der Waals surface area contributed by atoms with Gasteiger partial charge in [0, 0.05) is 12.7 Å². The molecule has 2 aromatic rings. The summed E-state index contributed by atoms with van der Waals surface area (Å²) in [5, 5.41) is 41.5. The zero-order chi connectivity index (χ0) is 23.0. The summed E-state index contributed by atoms with van der Waals surface area (Å²) in [5.74, 6) is -0.911. The Hall–Kier alpha value is -2.00. The van der Waals surface area contributed by atoms with E-state index in [1.807, 2.05) is 37.3 Å². The van der Waals surface area contributed by atoms with Gasteiger partial charge in [0.05, 0.1) is 13.7 Å². The maximum absolute atomic E-state index is 11.0. The summed E-state index contributed by atoms with van der Waals surface area (Å²) < 4.78 is 17.0. The lowest BCUT2D eigenvalue weighted by Crippen LogP contribution is -2.64. The van der Waals surface area contributed by atoms with Gasteiger partial charge in [-0.25, -0.2) is 0 Å². The minimum absolute atomic E-state index is 0.515. The summed E-state index contributed by atoms with van der Waals surface area (Å²) in [6.45, 7) is 1.46. The second kappa shape index (κ2) is 9.09. The van der Waals surface area contributed by atoms with Crippen molar-refractivity contribution in [3.63, 3.8) is 0 Å². The van der Waals surface area contributed by atoms with Crippen LogP contribution in [0.2, 0.25) is 0 Å². The lowest BCUT2D eigenvalue weighted by molar-refractivity contribution is -0.366. The first-order valence-corrected chi connectivity index (χ1v) is 11.0. The Labute approximate surface area is 188 Å². The molecule has 2 aliphatic rings. The molecule has 0 spiro atoms. The van der Waals surface area contributed by atoms with Gasteiger partial charge in [0.25, 0.3) is 0 Å². The normalized spacial score (nSPS) is 29.7. The molecule has 7 nitrogen and oxygen atoms in total. The van der Waals surface area contributed by atoms with Crippen molar-refractivity contribution >= 4 is 0 Å². The third kappa shape index (κ3) is 3.73. The number of hydrogen-bond donors (Lipinski definition) is 4. The Morgan fingerprint density at radius 3 is 2.34 bits per heavy atom. The van der Waals surface area contributed by atoms with Crippen molar-refractivity contribution in [1.82, 2.24) is 0 Å². The molecule has 1 aliphatic heterocycles. The Bertz CT molecular complexity index is 956. The average Bonchev–Trinajstić information content (AvgIpc) is 3.32. The van der Waals surface area contributed by atoms with Gasteiger partial charge in [0.2, 0.25) is 5.79 Å².